The van der Waals surface area contributed by atoms with Crippen LogP contribution in [0, 0.1) is 17.0 Å². The van der Waals surface area contributed by atoms with E-state index in [4.69, 9.17) is 11.6 Å². The standard InChI is InChI=1S/C10H10ClNO4/c1-6-3-7(5-11)9(10(13)16-2)8(4-6)12(14)15/h3-4H,5H2,1-2H3. The molecule has 0 aromatic heterocycles. The monoisotopic (exact) mass is 243 g/mol. The van der Waals surface area contributed by atoms with Gasteiger partial charge in [0.15, 0.2) is 0 Å². The highest BCUT2D eigenvalue weighted by molar-refractivity contribution is 6.18. The fourth-order valence-electron chi connectivity index (χ4n) is 1.43. The Bertz CT molecular complexity index is 445. The van der Waals surface area contributed by atoms with Crippen LogP contribution in [0.4, 0.5) is 5.69 Å². The van der Waals surface area contributed by atoms with Crippen LogP contribution in [0.15, 0.2) is 12.1 Å². The van der Waals surface area contributed by atoms with Crippen LogP contribution < -0.4 is 0 Å². The van der Waals surface area contributed by atoms with Gasteiger partial charge in [-0.25, -0.2) is 4.79 Å². The fourth-order valence-corrected chi connectivity index (χ4v) is 1.64. The summed E-state index contributed by atoms with van der Waals surface area (Å²) in [6.07, 6.45) is 0. The second-order valence-corrected chi connectivity index (χ2v) is 3.47. The summed E-state index contributed by atoms with van der Waals surface area (Å²) in [5.74, 6) is -0.727. The first-order valence-corrected chi connectivity index (χ1v) is 4.97. The first-order chi connectivity index (χ1) is 7.51. The molecule has 0 unspecified atom stereocenters. The number of nitrogens with zero attached hydrogens (tertiary/aromatic N) is 1. The average Bonchev–Trinajstić information content (AvgIpc) is 2.26. The Morgan fingerprint density at radius 1 is 1.56 bits per heavy atom. The summed E-state index contributed by atoms with van der Waals surface area (Å²) in [6.45, 7) is 1.70. The Hall–Kier alpha value is -1.62. The average molecular weight is 244 g/mol. The number of nitro groups is 1. The number of rotatable bonds is 3. The maximum Gasteiger partial charge on any atom is 0.345 e. The second kappa shape index (κ2) is 4.94. The number of methoxy groups -OCH3 is 1. The fraction of sp³-hybridized carbons (Fsp3) is 0.300. The summed E-state index contributed by atoms with van der Waals surface area (Å²) in [7, 11) is 1.17. The van der Waals surface area contributed by atoms with Gasteiger partial charge in [-0.3, -0.25) is 10.1 Å². The second-order valence-electron chi connectivity index (χ2n) is 3.20. The largest absolute Gasteiger partial charge is 0.465 e. The van der Waals surface area contributed by atoms with Crippen LogP contribution in [-0.2, 0) is 10.6 Å². The summed E-state index contributed by atoms with van der Waals surface area (Å²) in [5.41, 5.74) is 0.728. The van der Waals surface area contributed by atoms with Gasteiger partial charge < -0.3 is 4.74 Å². The third-order valence-electron chi connectivity index (χ3n) is 2.07. The van der Waals surface area contributed by atoms with Gasteiger partial charge in [0.25, 0.3) is 5.69 Å². The highest BCUT2D eigenvalue weighted by Crippen LogP contribution is 2.26. The molecule has 0 fully saturated rings. The smallest absolute Gasteiger partial charge is 0.345 e. The number of esters is 1. The Morgan fingerprint density at radius 2 is 2.19 bits per heavy atom. The molecule has 0 heterocycles. The zero-order valence-corrected chi connectivity index (χ0v) is 9.58. The van der Waals surface area contributed by atoms with Crippen molar-refractivity contribution in [3.8, 4) is 0 Å². The van der Waals surface area contributed by atoms with Crippen molar-refractivity contribution in [1.29, 1.82) is 0 Å². The summed E-state index contributed by atoms with van der Waals surface area (Å²) in [6, 6.07) is 2.95. The molecule has 0 aliphatic rings. The molecule has 0 saturated heterocycles. The molecule has 0 atom stereocenters. The third-order valence-corrected chi connectivity index (χ3v) is 2.36. The predicted molar refractivity (Wildman–Crippen MR) is 58.7 cm³/mol. The van der Waals surface area contributed by atoms with Gasteiger partial charge in [0.05, 0.1) is 12.0 Å². The Morgan fingerprint density at radius 3 is 2.62 bits per heavy atom. The zero-order valence-electron chi connectivity index (χ0n) is 8.82. The van der Waals surface area contributed by atoms with E-state index in [1.807, 2.05) is 0 Å². The molecule has 16 heavy (non-hydrogen) atoms. The van der Waals surface area contributed by atoms with Gasteiger partial charge >= 0.3 is 5.97 Å². The molecule has 0 bridgehead atoms. The molecular weight excluding hydrogens is 234 g/mol. The van der Waals surface area contributed by atoms with Crippen molar-refractivity contribution < 1.29 is 14.5 Å². The molecule has 0 radical (unpaired) electrons. The summed E-state index contributed by atoms with van der Waals surface area (Å²) >= 11 is 5.65. The Kier molecular flexibility index (Phi) is 3.84. The van der Waals surface area contributed by atoms with Gasteiger partial charge in [-0.15, -0.1) is 11.6 Å². The van der Waals surface area contributed by atoms with Gasteiger partial charge in [-0.1, -0.05) is 6.07 Å². The van der Waals surface area contributed by atoms with Crippen molar-refractivity contribution in [2.24, 2.45) is 0 Å². The van der Waals surface area contributed by atoms with Crippen LogP contribution in [0.1, 0.15) is 21.5 Å². The number of hydrogen-bond acceptors (Lipinski definition) is 4. The number of benzene rings is 1. The van der Waals surface area contributed by atoms with E-state index < -0.39 is 10.9 Å². The van der Waals surface area contributed by atoms with Crippen molar-refractivity contribution in [2.75, 3.05) is 7.11 Å². The number of nitro benzene ring substituents is 1. The number of halogens is 1. The quantitative estimate of drug-likeness (QED) is 0.354. The van der Waals surface area contributed by atoms with Crippen LogP contribution in [0.2, 0.25) is 0 Å². The van der Waals surface area contributed by atoms with Crippen LogP contribution in [-0.4, -0.2) is 18.0 Å². The lowest BCUT2D eigenvalue weighted by molar-refractivity contribution is -0.385. The summed E-state index contributed by atoms with van der Waals surface area (Å²) in [4.78, 5) is 21.6. The predicted octanol–water partition coefficient (Wildman–Crippen LogP) is 2.43. The number of aryl methyl sites for hydroxylation is 1. The molecule has 0 aliphatic carbocycles. The van der Waals surface area contributed by atoms with E-state index in [0.717, 1.165) is 0 Å². The molecule has 0 saturated carbocycles. The highest BCUT2D eigenvalue weighted by Gasteiger charge is 2.24. The minimum atomic E-state index is -0.748. The van der Waals surface area contributed by atoms with Crippen LogP contribution in [0.3, 0.4) is 0 Å². The molecule has 0 spiro atoms. The lowest BCUT2D eigenvalue weighted by Crippen LogP contribution is -2.09. The first-order valence-electron chi connectivity index (χ1n) is 4.43. The van der Waals surface area contributed by atoms with E-state index in [1.165, 1.54) is 13.2 Å². The molecule has 1 aromatic rings. The molecule has 0 N–H and O–H groups in total. The lowest BCUT2D eigenvalue weighted by atomic mass is 10.0. The maximum atomic E-state index is 11.4. The van der Waals surface area contributed by atoms with E-state index in [0.29, 0.717) is 11.1 Å². The number of alkyl halides is 1. The van der Waals surface area contributed by atoms with Gasteiger partial charge in [-0.2, -0.15) is 0 Å². The van der Waals surface area contributed by atoms with E-state index in [2.05, 4.69) is 4.74 Å². The molecule has 1 rings (SSSR count). The number of carbonyl (C=O) groups excluding carboxylic acids is 1. The summed E-state index contributed by atoms with van der Waals surface area (Å²) < 4.78 is 4.51. The van der Waals surface area contributed by atoms with Crippen LogP contribution in [0.25, 0.3) is 0 Å². The van der Waals surface area contributed by atoms with Gasteiger partial charge in [0.1, 0.15) is 5.56 Å². The topological polar surface area (TPSA) is 69.4 Å². The number of hydrogen-bond donors (Lipinski definition) is 0. The third kappa shape index (κ3) is 2.30. The molecule has 0 amide bonds. The SMILES string of the molecule is COC(=O)c1c(CCl)cc(C)cc1[N+](=O)[O-]. The lowest BCUT2D eigenvalue weighted by Gasteiger charge is -2.07. The van der Waals surface area contributed by atoms with Gasteiger partial charge in [-0.05, 0) is 18.1 Å². The Labute approximate surface area is 97.1 Å². The molecule has 86 valence electrons. The normalized spacial score (nSPS) is 9.94. The first kappa shape index (κ1) is 12.4. The van der Waals surface area contributed by atoms with Crippen molar-refractivity contribution >= 4 is 23.3 Å². The van der Waals surface area contributed by atoms with Crippen molar-refractivity contribution in [2.45, 2.75) is 12.8 Å². The van der Waals surface area contributed by atoms with E-state index in [-0.39, 0.29) is 17.1 Å². The van der Waals surface area contributed by atoms with Crippen molar-refractivity contribution in [3.05, 3.63) is 38.9 Å². The van der Waals surface area contributed by atoms with E-state index in [1.54, 1.807) is 13.0 Å². The van der Waals surface area contributed by atoms with E-state index >= 15 is 0 Å². The number of ether oxygens (including phenoxy) is 1. The molecular formula is C10H10ClNO4. The molecule has 0 aliphatic heterocycles. The summed E-state index contributed by atoms with van der Waals surface area (Å²) in [5, 5.41) is 10.8. The molecule has 5 nitrogen and oxygen atoms in total. The van der Waals surface area contributed by atoms with Crippen LogP contribution >= 0.6 is 11.6 Å². The molecule has 1 aromatic carbocycles. The maximum absolute atomic E-state index is 11.4. The highest BCUT2D eigenvalue weighted by atomic mass is 35.5. The number of carbonyl (C=O) groups is 1. The van der Waals surface area contributed by atoms with Gasteiger partial charge in [0, 0.05) is 11.9 Å². The zero-order chi connectivity index (χ0) is 12.3. The minimum absolute atomic E-state index is 0.0208. The van der Waals surface area contributed by atoms with Crippen LogP contribution in [0.5, 0.6) is 0 Å². The molecule has 6 heteroatoms. The van der Waals surface area contributed by atoms with Crippen molar-refractivity contribution in [1.82, 2.24) is 0 Å². The minimum Gasteiger partial charge on any atom is -0.465 e. The Balaban J connectivity index is 3.51. The van der Waals surface area contributed by atoms with Crippen molar-refractivity contribution in [3.63, 3.8) is 0 Å². The van der Waals surface area contributed by atoms with Gasteiger partial charge in [0.2, 0.25) is 0 Å². The van der Waals surface area contributed by atoms with E-state index in [9.17, 15) is 14.9 Å².